The quantitative estimate of drug-likeness (QED) is 0.438. The summed E-state index contributed by atoms with van der Waals surface area (Å²) in [5.41, 5.74) is 0.745. The van der Waals surface area contributed by atoms with Crippen molar-refractivity contribution in [3.05, 3.63) is 24.0 Å². The van der Waals surface area contributed by atoms with Crippen LogP contribution in [-0.4, -0.2) is 43.0 Å². The van der Waals surface area contributed by atoms with E-state index < -0.39 is 14.9 Å². The van der Waals surface area contributed by atoms with Crippen LogP contribution >= 0.6 is 11.6 Å². The van der Waals surface area contributed by atoms with Crippen LogP contribution in [0.3, 0.4) is 0 Å². The number of Topliss-reactive ketones (excluding diaryl/α,β-unsaturated/α-hetero) is 1. The van der Waals surface area contributed by atoms with Crippen molar-refractivity contribution in [2.75, 3.05) is 18.4 Å². The molecule has 1 aromatic rings. The van der Waals surface area contributed by atoms with Gasteiger partial charge in [0.1, 0.15) is 0 Å². The van der Waals surface area contributed by atoms with Gasteiger partial charge in [0.25, 0.3) is 0 Å². The van der Waals surface area contributed by atoms with Gasteiger partial charge in [0, 0.05) is 30.0 Å². The lowest BCUT2D eigenvalue weighted by molar-refractivity contribution is -0.119. The summed E-state index contributed by atoms with van der Waals surface area (Å²) in [7, 11) is -2.51. The second-order valence-electron chi connectivity index (χ2n) is 8.77. The Morgan fingerprint density at radius 3 is 2.20 bits per heavy atom. The van der Waals surface area contributed by atoms with Crippen molar-refractivity contribution in [1.82, 2.24) is 9.78 Å². The van der Waals surface area contributed by atoms with E-state index in [0.29, 0.717) is 22.9 Å². The standard InChI is InChI=1S/C19H31ClN2O2S/c1-18(2,3)11-15(22-13-14(9-10-20)12-21-22)16(25(7,8)24)17(23)19(4,5)6/h11-13H,9-10H2,1-8H3/b15-11+. The molecular formula is C19H31ClN2O2S. The van der Waals surface area contributed by atoms with E-state index in [0.717, 1.165) is 5.56 Å². The monoisotopic (exact) mass is 386 g/mol. The molecule has 0 aliphatic heterocycles. The van der Waals surface area contributed by atoms with Gasteiger partial charge in [-0.2, -0.15) is 5.10 Å². The van der Waals surface area contributed by atoms with Gasteiger partial charge in [-0.25, -0.2) is 4.68 Å². The minimum atomic E-state index is -2.51. The summed E-state index contributed by atoms with van der Waals surface area (Å²) in [5.74, 6) is 0.382. The Morgan fingerprint density at radius 1 is 1.24 bits per heavy atom. The Balaban J connectivity index is 3.73. The van der Waals surface area contributed by atoms with Crippen molar-refractivity contribution in [3.63, 3.8) is 0 Å². The molecule has 0 aliphatic carbocycles. The number of alkyl halides is 1. The summed E-state index contributed by atoms with van der Waals surface area (Å²) >= 11 is 5.82. The van der Waals surface area contributed by atoms with Crippen molar-refractivity contribution in [2.24, 2.45) is 10.8 Å². The third kappa shape index (κ3) is 6.30. The van der Waals surface area contributed by atoms with Gasteiger partial charge in [-0.1, -0.05) is 47.6 Å². The van der Waals surface area contributed by atoms with Crippen LogP contribution in [0.15, 0.2) is 18.5 Å². The van der Waals surface area contributed by atoms with Gasteiger partial charge in [-0.15, -0.1) is 11.6 Å². The van der Waals surface area contributed by atoms with Crippen LogP contribution in [0.25, 0.3) is 5.70 Å². The minimum Gasteiger partial charge on any atom is -0.293 e. The summed E-state index contributed by atoms with van der Waals surface area (Å²) in [5, 5.41) is 4.41. The zero-order valence-corrected chi connectivity index (χ0v) is 18.2. The van der Waals surface area contributed by atoms with Crippen LogP contribution in [-0.2, 0) is 20.7 Å². The van der Waals surface area contributed by atoms with E-state index in [2.05, 4.69) is 5.10 Å². The topological polar surface area (TPSA) is 52.0 Å². The molecule has 0 radical (unpaired) electrons. The van der Waals surface area contributed by atoms with E-state index in [4.69, 9.17) is 11.6 Å². The Bertz CT molecular complexity index is 775. The van der Waals surface area contributed by atoms with Crippen molar-refractivity contribution in [2.45, 2.75) is 48.0 Å². The predicted octanol–water partition coefficient (Wildman–Crippen LogP) is 3.88. The predicted molar refractivity (Wildman–Crippen MR) is 110 cm³/mol. The molecule has 1 heterocycles. The third-order valence-electron chi connectivity index (χ3n) is 3.45. The van der Waals surface area contributed by atoms with E-state index in [-0.39, 0.29) is 11.2 Å². The lowest BCUT2D eigenvalue weighted by Crippen LogP contribution is -2.35. The molecule has 4 nitrogen and oxygen atoms in total. The number of allylic oxidation sites excluding steroid dienone is 2. The van der Waals surface area contributed by atoms with Crippen molar-refractivity contribution >= 4 is 37.5 Å². The molecule has 0 N–H and O–H groups in total. The molecule has 0 bridgehead atoms. The molecule has 6 heteroatoms. The van der Waals surface area contributed by atoms with E-state index in [9.17, 15) is 9.00 Å². The number of halogens is 1. The number of carbonyl (C=O) groups is 1. The highest BCUT2D eigenvalue weighted by Gasteiger charge is 2.32. The average Bonchev–Trinajstić information content (AvgIpc) is 2.82. The van der Waals surface area contributed by atoms with Crippen molar-refractivity contribution < 1.29 is 9.00 Å². The second kappa shape index (κ2) is 7.67. The third-order valence-corrected chi connectivity index (χ3v) is 5.01. The highest BCUT2D eigenvalue weighted by molar-refractivity contribution is 8.03. The molecule has 0 saturated heterocycles. The number of hydrogen-bond acceptors (Lipinski definition) is 3. The Morgan fingerprint density at radius 2 is 1.80 bits per heavy atom. The summed E-state index contributed by atoms with van der Waals surface area (Å²) in [4.78, 5) is 13.5. The van der Waals surface area contributed by atoms with Gasteiger partial charge in [0.05, 0.1) is 16.8 Å². The lowest BCUT2D eigenvalue weighted by Gasteiger charge is -2.24. The number of ketones is 1. The van der Waals surface area contributed by atoms with Gasteiger partial charge in [-0.05, 0) is 26.9 Å². The van der Waals surface area contributed by atoms with E-state index >= 15 is 0 Å². The molecule has 0 fully saturated rings. The minimum absolute atomic E-state index is 0.118. The zero-order valence-electron chi connectivity index (χ0n) is 16.6. The SMILES string of the molecule is CC(C)(C)/C=C(\C(C(=O)C(C)(C)C)=S(C)(C)=O)n1cc(CCCl)cn1. The smallest absolute Gasteiger partial charge is 0.178 e. The first kappa shape index (κ1) is 22.0. The van der Waals surface area contributed by atoms with Gasteiger partial charge < -0.3 is 0 Å². The van der Waals surface area contributed by atoms with Gasteiger partial charge in [0.15, 0.2) is 5.78 Å². The fraction of sp³-hybridized carbons (Fsp3) is 0.632. The first-order valence-electron chi connectivity index (χ1n) is 8.36. The summed E-state index contributed by atoms with van der Waals surface area (Å²) in [6, 6.07) is 0. The van der Waals surface area contributed by atoms with Crippen LogP contribution in [0.5, 0.6) is 0 Å². The summed E-state index contributed by atoms with van der Waals surface area (Å²) < 4.78 is 14.7. The van der Waals surface area contributed by atoms with Crippen LogP contribution in [0.1, 0.15) is 47.1 Å². The fourth-order valence-electron chi connectivity index (χ4n) is 2.31. The van der Waals surface area contributed by atoms with Gasteiger partial charge in [0.2, 0.25) is 0 Å². The molecule has 0 aliphatic rings. The molecule has 25 heavy (non-hydrogen) atoms. The number of aryl methyl sites for hydroxylation is 1. The number of rotatable bonds is 5. The maximum absolute atomic E-state index is 13.1. The number of carbonyl (C=O) groups excluding carboxylic acids is 1. The Hall–Kier alpha value is -1.07. The zero-order chi connectivity index (χ0) is 19.6. The molecule has 1 aromatic heterocycles. The van der Waals surface area contributed by atoms with Crippen molar-refractivity contribution in [1.29, 1.82) is 0 Å². The largest absolute Gasteiger partial charge is 0.293 e. The molecule has 1 rings (SSSR count). The van der Waals surface area contributed by atoms with Crippen LogP contribution in [0.4, 0.5) is 0 Å². The Labute approximate surface area is 157 Å². The van der Waals surface area contributed by atoms with E-state index in [1.54, 1.807) is 23.4 Å². The van der Waals surface area contributed by atoms with Crippen LogP contribution in [0, 0.1) is 10.8 Å². The number of hydrogen-bond donors (Lipinski definition) is 0. The second-order valence-corrected chi connectivity index (χ2v) is 12.0. The molecule has 0 saturated carbocycles. The summed E-state index contributed by atoms with van der Waals surface area (Å²) in [6.45, 7) is 11.7. The molecule has 0 amide bonds. The average molecular weight is 387 g/mol. The lowest BCUT2D eigenvalue weighted by atomic mass is 9.86. The van der Waals surface area contributed by atoms with Gasteiger partial charge in [-0.3, -0.25) is 9.00 Å². The van der Waals surface area contributed by atoms with Crippen LogP contribution in [0.2, 0.25) is 0 Å². The highest BCUT2D eigenvalue weighted by Crippen LogP contribution is 2.26. The first-order valence-corrected chi connectivity index (χ1v) is 11.3. The maximum Gasteiger partial charge on any atom is 0.178 e. The molecule has 0 atom stereocenters. The number of nitrogens with zero attached hydrogens (tertiary/aromatic N) is 2. The number of aromatic nitrogens is 2. The fourth-order valence-corrected chi connectivity index (χ4v) is 3.93. The van der Waals surface area contributed by atoms with Crippen molar-refractivity contribution in [3.8, 4) is 0 Å². The Kier molecular flexibility index (Phi) is 6.74. The molecule has 0 spiro atoms. The van der Waals surface area contributed by atoms with E-state index in [1.165, 1.54) is 0 Å². The highest BCUT2D eigenvalue weighted by atomic mass is 35.5. The molecule has 142 valence electrons. The van der Waals surface area contributed by atoms with Gasteiger partial charge >= 0.3 is 0 Å². The summed E-state index contributed by atoms with van der Waals surface area (Å²) in [6.07, 6.45) is 9.50. The maximum atomic E-state index is 13.1. The molecular weight excluding hydrogens is 356 g/mol. The van der Waals surface area contributed by atoms with Crippen LogP contribution < -0.4 is 0 Å². The molecule has 0 aromatic carbocycles. The normalized spacial score (nSPS) is 13.9. The first-order chi connectivity index (χ1) is 11.2. The van der Waals surface area contributed by atoms with E-state index in [1.807, 2.05) is 53.8 Å². The molecule has 0 unspecified atom stereocenters.